The lowest BCUT2D eigenvalue weighted by molar-refractivity contribution is 0.145. The second-order valence-corrected chi connectivity index (χ2v) is 4.89. The summed E-state index contributed by atoms with van der Waals surface area (Å²) in [6, 6.07) is 2.44. The fourth-order valence-corrected chi connectivity index (χ4v) is 2.35. The second-order valence-electron chi connectivity index (χ2n) is 4.89. The Bertz CT molecular complexity index is 409. The Hall–Kier alpha value is -1.32. The van der Waals surface area contributed by atoms with Gasteiger partial charge in [-0.15, -0.1) is 0 Å². The number of halogens is 2. The smallest absolute Gasteiger partial charge is 0.183 e. The Labute approximate surface area is 100 Å². The number of nitrogens with one attached hydrogen (secondary N) is 1. The van der Waals surface area contributed by atoms with Gasteiger partial charge in [-0.05, 0) is 36.8 Å². The highest BCUT2D eigenvalue weighted by molar-refractivity contribution is 5.66. The molecule has 0 unspecified atom stereocenters. The molecule has 1 fully saturated rings. The van der Waals surface area contributed by atoms with Crippen LogP contribution in [0, 0.1) is 17.0 Å². The predicted molar refractivity (Wildman–Crippen MR) is 65.8 cm³/mol. The van der Waals surface area contributed by atoms with Crippen LogP contribution in [-0.4, -0.2) is 6.54 Å². The number of nitrogen functional groups attached to an aromatic ring is 1. The van der Waals surface area contributed by atoms with Crippen molar-refractivity contribution < 1.29 is 8.78 Å². The molecule has 2 rings (SSSR count). The van der Waals surface area contributed by atoms with Gasteiger partial charge in [0.2, 0.25) is 0 Å². The van der Waals surface area contributed by atoms with Gasteiger partial charge in [-0.3, -0.25) is 0 Å². The molecule has 3 N–H and O–H groups in total. The Morgan fingerprint density at radius 1 is 1.35 bits per heavy atom. The number of hydrogen-bond donors (Lipinski definition) is 2. The van der Waals surface area contributed by atoms with E-state index in [1.165, 1.54) is 12.5 Å². The second kappa shape index (κ2) is 4.51. The third kappa shape index (κ3) is 2.21. The van der Waals surface area contributed by atoms with E-state index in [1.54, 1.807) is 0 Å². The standard InChI is InChI=1S/C13H18F2N2/c1-2-13(6-3-7-13)8-17-12-10(16)5-4-9(14)11(12)15/h4-5,17H,2-3,6-8,16H2,1H3. The first-order valence-electron chi connectivity index (χ1n) is 6.05. The number of hydrogen-bond acceptors (Lipinski definition) is 2. The summed E-state index contributed by atoms with van der Waals surface area (Å²) in [6.45, 7) is 2.79. The molecule has 0 spiro atoms. The predicted octanol–water partition coefficient (Wildman–Crippen LogP) is 3.54. The summed E-state index contributed by atoms with van der Waals surface area (Å²) in [7, 11) is 0. The van der Waals surface area contributed by atoms with Crippen molar-refractivity contribution in [3.63, 3.8) is 0 Å². The lowest BCUT2D eigenvalue weighted by Gasteiger charge is -2.41. The highest BCUT2D eigenvalue weighted by Crippen LogP contribution is 2.44. The first-order valence-corrected chi connectivity index (χ1v) is 6.05. The van der Waals surface area contributed by atoms with Gasteiger partial charge >= 0.3 is 0 Å². The topological polar surface area (TPSA) is 38.0 Å². The maximum atomic E-state index is 13.5. The quantitative estimate of drug-likeness (QED) is 0.790. The zero-order valence-corrected chi connectivity index (χ0v) is 10.0. The van der Waals surface area contributed by atoms with Crippen molar-refractivity contribution in [2.75, 3.05) is 17.6 Å². The fourth-order valence-electron chi connectivity index (χ4n) is 2.35. The third-order valence-electron chi connectivity index (χ3n) is 3.93. The van der Waals surface area contributed by atoms with Crippen molar-refractivity contribution >= 4 is 11.4 Å². The van der Waals surface area contributed by atoms with Crippen LogP contribution in [0.15, 0.2) is 12.1 Å². The van der Waals surface area contributed by atoms with E-state index in [0.717, 1.165) is 25.3 Å². The Kier molecular flexibility index (Phi) is 3.22. The van der Waals surface area contributed by atoms with Crippen LogP contribution in [0.1, 0.15) is 32.6 Å². The highest BCUT2D eigenvalue weighted by Gasteiger charge is 2.35. The van der Waals surface area contributed by atoms with Crippen molar-refractivity contribution in [1.29, 1.82) is 0 Å². The Balaban J connectivity index is 2.11. The van der Waals surface area contributed by atoms with Crippen molar-refractivity contribution in [3.05, 3.63) is 23.8 Å². The molecule has 0 heterocycles. The molecule has 4 heteroatoms. The molecule has 1 aliphatic carbocycles. The van der Waals surface area contributed by atoms with Crippen LogP contribution in [-0.2, 0) is 0 Å². The minimum atomic E-state index is -0.879. The molecule has 1 aromatic rings. The van der Waals surface area contributed by atoms with Crippen LogP contribution in [0.25, 0.3) is 0 Å². The monoisotopic (exact) mass is 240 g/mol. The molecular formula is C13H18F2N2. The van der Waals surface area contributed by atoms with Gasteiger partial charge in [-0.2, -0.15) is 0 Å². The van der Waals surface area contributed by atoms with Gasteiger partial charge in [0.15, 0.2) is 11.6 Å². The van der Waals surface area contributed by atoms with Gasteiger partial charge in [0.1, 0.15) is 0 Å². The van der Waals surface area contributed by atoms with Crippen LogP contribution in [0.4, 0.5) is 20.2 Å². The molecule has 1 aromatic carbocycles. The minimum absolute atomic E-state index is 0.102. The molecule has 2 nitrogen and oxygen atoms in total. The first-order chi connectivity index (χ1) is 8.08. The molecule has 0 amide bonds. The largest absolute Gasteiger partial charge is 0.397 e. The van der Waals surface area contributed by atoms with Crippen molar-refractivity contribution in [2.45, 2.75) is 32.6 Å². The summed E-state index contributed by atoms with van der Waals surface area (Å²) >= 11 is 0. The maximum Gasteiger partial charge on any atom is 0.183 e. The van der Waals surface area contributed by atoms with Gasteiger partial charge in [0, 0.05) is 6.54 Å². The molecule has 1 aliphatic rings. The van der Waals surface area contributed by atoms with E-state index in [-0.39, 0.29) is 16.8 Å². The summed E-state index contributed by atoms with van der Waals surface area (Å²) in [5.74, 6) is -1.74. The van der Waals surface area contributed by atoms with E-state index in [0.29, 0.717) is 6.54 Å². The van der Waals surface area contributed by atoms with E-state index >= 15 is 0 Å². The number of nitrogens with two attached hydrogens (primary N) is 1. The Morgan fingerprint density at radius 3 is 2.59 bits per heavy atom. The number of anilines is 2. The molecule has 1 saturated carbocycles. The highest BCUT2D eigenvalue weighted by atomic mass is 19.2. The normalized spacial score (nSPS) is 17.6. The van der Waals surface area contributed by atoms with E-state index in [1.807, 2.05) is 0 Å². The fraction of sp³-hybridized carbons (Fsp3) is 0.538. The third-order valence-corrected chi connectivity index (χ3v) is 3.93. The zero-order chi connectivity index (χ0) is 12.5. The summed E-state index contributed by atoms with van der Waals surface area (Å²) in [6.07, 6.45) is 4.56. The molecule has 0 saturated heterocycles. The lowest BCUT2D eigenvalue weighted by atomic mass is 9.67. The lowest BCUT2D eigenvalue weighted by Crippen LogP contribution is -2.36. The van der Waals surface area contributed by atoms with Gasteiger partial charge < -0.3 is 11.1 Å². The van der Waals surface area contributed by atoms with Crippen LogP contribution < -0.4 is 11.1 Å². The number of rotatable bonds is 4. The van der Waals surface area contributed by atoms with E-state index < -0.39 is 11.6 Å². The summed E-state index contributed by atoms with van der Waals surface area (Å²) in [4.78, 5) is 0. The van der Waals surface area contributed by atoms with Crippen molar-refractivity contribution in [3.8, 4) is 0 Å². The summed E-state index contributed by atoms with van der Waals surface area (Å²) < 4.78 is 26.6. The zero-order valence-electron chi connectivity index (χ0n) is 10.0. The van der Waals surface area contributed by atoms with Crippen LogP contribution in [0.5, 0.6) is 0 Å². The molecule has 0 aliphatic heterocycles. The van der Waals surface area contributed by atoms with Gasteiger partial charge in [-0.25, -0.2) is 8.78 Å². The van der Waals surface area contributed by atoms with Crippen molar-refractivity contribution in [2.24, 2.45) is 5.41 Å². The Morgan fingerprint density at radius 2 is 2.06 bits per heavy atom. The van der Waals surface area contributed by atoms with E-state index in [2.05, 4.69) is 12.2 Å². The van der Waals surface area contributed by atoms with Gasteiger partial charge in [0.25, 0.3) is 0 Å². The summed E-state index contributed by atoms with van der Waals surface area (Å²) in [5.41, 5.74) is 6.25. The minimum Gasteiger partial charge on any atom is -0.397 e. The van der Waals surface area contributed by atoms with Crippen LogP contribution >= 0.6 is 0 Å². The molecule has 0 bridgehead atoms. The molecule has 0 atom stereocenters. The van der Waals surface area contributed by atoms with Gasteiger partial charge in [0.05, 0.1) is 11.4 Å². The molecule has 17 heavy (non-hydrogen) atoms. The average Bonchev–Trinajstić information content (AvgIpc) is 2.27. The van der Waals surface area contributed by atoms with Crippen molar-refractivity contribution in [1.82, 2.24) is 0 Å². The van der Waals surface area contributed by atoms with Gasteiger partial charge in [-0.1, -0.05) is 13.3 Å². The van der Waals surface area contributed by atoms with Crippen LogP contribution in [0.2, 0.25) is 0 Å². The molecule has 94 valence electrons. The van der Waals surface area contributed by atoms with Crippen LogP contribution in [0.3, 0.4) is 0 Å². The molecular weight excluding hydrogens is 222 g/mol. The maximum absolute atomic E-state index is 13.5. The number of benzene rings is 1. The summed E-state index contributed by atoms with van der Waals surface area (Å²) in [5, 5.41) is 2.98. The van der Waals surface area contributed by atoms with E-state index in [4.69, 9.17) is 5.73 Å². The SMILES string of the molecule is CCC1(CNc2c(N)ccc(F)c2F)CCC1. The molecule has 0 aromatic heterocycles. The molecule has 0 radical (unpaired) electrons. The van der Waals surface area contributed by atoms with E-state index in [9.17, 15) is 8.78 Å². The first kappa shape index (κ1) is 12.1. The average molecular weight is 240 g/mol.